The number of hydrogen-bond donors (Lipinski definition) is 1. The highest BCUT2D eigenvalue weighted by molar-refractivity contribution is 7.10. The number of rotatable bonds is 3. The van der Waals surface area contributed by atoms with Gasteiger partial charge in [-0.25, -0.2) is 0 Å². The van der Waals surface area contributed by atoms with Crippen LogP contribution < -0.4 is 5.32 Å². The van der Waals surface area contributed by atoms with Crippen LogP contribution >= 0.6 is 23.7 Å². The van der Waals surface area contributed by atoms with Gasteiger partial charge in [-0.05, 0) is 37.3 Å². The summed E-state index contributed by atoms with van der Waals surface area (Å²) in [6.45, 7) is 1.98. The smallest absolute Gasteiger partial charge is 0.234 e. The van der Waals surface area contributed by atoms with Crippen LogP contribution in [0.15, 0.2) is 17.5 Å². The summed E-state index contributed by atoms with van der Waals surface area (Å²) in [4.78, 5) is 16.5. The molecule has 3 nitrogen and oxygen atoms in total. The summed E-state index contributed by atoms with van der Waals surface area (Å²) >= 11 is 1.75. The van der Waals surface area contributed by atoms with Crippen LogP contribution in [-0.4, -0.2) is 37.0 Å². The van der Waals surface area contributed by atoms with Crippen molar-refractivity contribution in [2.45, 2.75) is 50.0 Å². The monoisotopic (exact) mass is 328 g/mol. The molecule has 1 aromatic rings. The summed E-state index contributed by atoms with van der Waals surface area (Å²) in [5.74, 6) is 0.355. The highest BCUT2D eigenvalue weighted by Crippen LogP contribution is 2.43. The second-order valence-electron chi connectivity index (χ2n) is 6.18. The Hall–Kier alpha value is -0.580. The van der Waals surface area contributed by atoms with Crippen molar-refractivity contribution in [1.82, 2.24) is 10.2 Å². The maximum absolute atomic E-state index is 13.2. The second-order valence-corrected chi connectivity index (χ2v) is 7.13. The van der Waals surface area contributed by atoms with Crippen LogP contribution in [0.1, 0.15) is 43.4 Å². The Morgan fingerprint density at radius 2 is 2.14 bits per heavy atom. The zero-order valence-electron chi connectivity index (χ0n) is 12.6. The van der Waals surface area contributed by atoms with E-state index >= 15 is 0 Å². The summed E-state index contributed by atoms with van der Waals surface area (Å²) in [7, 11) is 2.00. The molecule has 2 fully saturated rings. The summed E-state index contributed by atoms with van der Waals surface area (Å²) in [6, 6.07) is 4.62. The summed E-state index contributed by atoms with van der Waals surface area (Å²) in [5, 5.41) is 5.47. The van der Waals surface area contributed by atoms with Crippen molar-refractivity contribution >= 4 is 29.7 Å². The molecule has 1 amide bonds. The van der Waals surface area contributed by atoms with Crippen LogP contribution in [0.2, 0.25) is 0 Å². The van der Waals surface area contributed by atoms with E-state index in [9.17, 15) is 4.79 Å². The van der Waals surface area contributed by atoms with E-state index < -0.39 is 0 Å². The van der Waals surface area contributed by atoms with E-state index in [2.05, 4.69) is 22.8 Å². The van der Waals surface area contributed by atoms with Crippen LogP contribution in [0.3, 0.4) is 0 Å². The fraction of sp³-hybridized carbons (Fsp3) is 0.688. The summed E-state index contributed by atoms with van der Waals surface area (Å²) in [6.07, 6.45) is 6.77. The van der Waals surface area contributed by atoms with Gasteiger partial charge in [0.25, 0.3) is 0 Å². The first kappa shape index (κ1) is 16.8. The first-order chi connectivity index (χ1) is 9.74. The normalized spacial score (nSPS) is 24.3. The Morgan fingerprint density at radius 1 is 1.38 bits per heavy atom. The zero-order valence-corrected chi connectivity index (χ0v) is 14.3. The molecule has 1 saturated carbocycles. The van der Waals surface area contributed by atoms with Gasteiger partial charge in [0.2, 0.25) is 5.91 Å². The number of carbonyl (C=O) groups is 1. The molecule has 2 aliphatic rings. The third kappa shape index (κ3) is 3.13. The molecule has 21 heavy (non-hydrogen) atoms. The number of hydrogen-bond acceptors (Lipinski definition) is 3. The van der Waals surface area contributed by atoms with Crippen molar-refractivity contribution in [3.63, 3.8) is 0 Å². The summed E-state index contributed by atoms with van der Waals surface area (Å²) in [5.41, 5.74) is -0.232. The SMILES string of the molecule is CN(C(=O)C1(c2cccs2)CCCCC1)C1CCNC1.Cl. The molecule has 1 saturated heterocycles. The molecule has 5 heteroatoms. The number of nitrogens with one attached hydrogen (secondary N) is 1. The number of thiophene rings is 1. The molecule has 1 unspecified atom stereocenters. The largest absolute Gasteiger partial charge is 0.341 e. The molecule has 2 heterocycles. The number of likely N-dealkylation sites (N-methyl/N-ethyl adjacent to an activating group) is 1. The van der Waals surface area contributed by atoms with Crippen molar-refractivity contribution in [2.75, 3.05) is 20.1 Å². The molecule has 1 aromatic heterocycles. The quantitative estimate of drug-likeness (QED) is 0.924. The minimum atomic E-state index is -0.232. The molecular weight excluding hydrogens is 304 g/mol. The average molecular weight is 329 g/mol. The van der Waals surface area contributed by atoms with Crippen molar-refractivity contribution in [1.29, 1.82) is 0 Å². The van der Waals surface area contributed by atoms with Gasteiger partial charge in [0, 0.05) is 24.5 Å². The van der Waals surface area contributed by atoms with E-state index in [0.717, 1.165) is 32.4 Å². The lowest BCUT2D eigenvalue weighted by Crippen LogP contribution is -2.50. The maximum Gasteiger partial charge on any atom is 0.234 e. The van der Waals surface area contributed by atoms with Crippen molar-refractivity contribution < 1.29 is 4.79 Å². The lowest BCUT2D eigenvalue weighted by molar-refractivity contribution is -0.139. The molecule has 0 radical (unpaired) electrons. The highest BCUT2D eigenvalue weighted by atomic mass is 35.5. The third-order valence-electron chi connectivity index (χ3n) is 5.01. The maximum atomic E-state index is 13.2. The molecular formula is C16H25ClN2OS. The summed E-state index contributed by atoms with van der Waals surface area (Å²) < 4.78 is 0. The van der Waals surface area contributed by atoms with Gasteiger partial charge in [-0.3, -0.25) is 4.79 Å². The number of carbonyl (C=O) groups excluding carboxylic acids is 1. The average Bonchev–Trinajstić information content (AvgIpc) is 3.19. The van der Waals surface area contributed by atoms with E-state index in [0.29, 0.717) is 11.9 Å². The molecule has 1 aliphatic carbocycles. The molecule has 0 spiro atoms. The van der Waals surface area contributed by atoms with Gasteiger partial charge in [0.15, 0.2) is 0 Å². The van der Waals surface area contributed by atoms with Crippen molar-refractivity contribution in [2.24, 2.45) is 0 Å². The van der Waals surface area contributed by atoms with Crippen molar-refractivity contribution in [3.05, 3.63) is 22.4 Å². The predicted molar refractivity (Wildman–Crippen MR) is 90.4 cm³/mol. The van der Waals surface area contributed by atoms with E-state index in [1.807, 2.05) is 11.9 Å². The number of halogens is 1. The van der Waals surface area contributed by atoms with Gasteiger partial charge in [-0.2, -0.15) is 0 Å². The fourth-order valence-electron chi connectivity index (χ4n) is 3.75. The molecule has 1 aliphatic heterocycles. The van der Waals surface area contributed by atoms with Gasteiger partial charge in [0.1, 0.15) is 0 Å². The Kier molecular flexibility index (Phi) is 5.69. The van der Waals surface area contributed by atoms with Gasteiger partial charge in [-0.1, -0.05) is 25.3 Å². The Labute approximate surface area is 137 Å². The van der Waals surface area contributed by atoms with Crippen LogP contribution in [0.4, 0.5) is 0 Å². The topological polar surface area (TPSA) is 32.3 Å². The molecule has 1 N–H and O–H groups in total. The van der Waals surface area contributed by atoms with E-state index in [-0.39, 0.29) is 17.8 Å². The predicted octanol–water partition coefficient (Wildman–Crippen LogP) is 3.19. The minimum Gasteiger partial charge on any atom is -0.341 e. The Balaban J connectivity index is 0.00000161. The zero-order chi connectivity index (χ0) is 14.0. The van der Waals surface area contributed by atoms with Crippen LogP contribution in [0, 0.1) is 0 Å². The molecule has 1 atom stereocenters. The van der Waals surface area contributed by atoms with Gasteiger partial charge in [-0.15, -0.1) is 23.7 Å². The third-order valence-corrected chi connectivity index (χ3v) is 6.09. The van der Waals surface area contributed by atoms with Crippen LogP contribution in [0.5, 0.6) is 0 Å². The van der Waals surface area contributed by atoms with Gasteiger partial charge < -0.3 is 10.2 Å². The van der Waals surface area contributed by atoms with E-state index in [1.165, 1.54) is 24.1 Å². The lowest BCUT2D eigenvalue weighted by Gasteiger charge is -2.40. The van der Waals surface area contributed by atoms with E-state index in [4.69, 9.17) is 0 Å². The fourth-order valence-corrected chi connectivity index (χ4v) is 4.72. The molecule has 3 rings (SSSR count). The molecule has 118 valence electrons. The van der Waals surface area contributed by atoms with Gasteiger partial charge in [0.05, 0.1) is 5.41 Å². The Morgan fingerprint density at radius 3 is 2.71 bits per heavy atom. The van der Waals surface area contributed by atoms with Crippen LogP contribution in [-0.2, 0) is 10.2 Å². The Bertz CT molecular complexity index is 451. The second kappa shape index (κ2) is 7.12. The lowest BCUT2D eigenvalue weighted by atomic mass is 9.71. The number of nitrogens with zero attached hydrogens (tertiary/aromatic N) is 1. The van der Waals surface area contributed by atoms with Crippen LogP contribution in [0.25, 0.3) is 0 Å². The first-order valence-electron chi connectivity index (χ1n) is 7.76. The van der Waals surface area contributed by atoms with Crippen molar-refractivity contribution in [3.8, 4) is 0 Å². The highest BCUT2D eigenvalue weighted by Gasteiger charge is 2.44. The minimum absolute atomic E-state index is 0. The van der Waals surface area contributed by atoms with E-state index in [1.54, 1.807) is 11.3 Å². The molecule has 0 bridgehead atoms. The van der Waals surface area contributed by atoms with Gasteiger partial charge >= 0.3 is 0 Å². The number of amides is 1. The molecule has 0 aromatic carbocycles. The standard InChI is InChI=1S/C16H24N2OS.ClH/c1-18(13-7-10-17-12-13)15(19)16(8-3-2-4-9-16)14-6-5-11-20-14;/h5-6,11,13,17H,2-4,7-10,12H2,1H3;1H. The first-order valence-corrected chi connectivity index (χ1v) is 8.64.